The van der Waals surface area contributed by atoms with Crippen LogP contribution in [0, 0.1) is 26.7 Å². The molecule has 2 saturated heterocycles. The molecule has 0 spiro atoms. The molecule has 140 valence electrons. The van der Waals surface area contributed by atoms with E-state index in [0.29, 0.717) is 23.9 Å². The molecular formula is C19H30N2O3S. The van der Waals surface area contributed by atoms with Crippen molar-refractivity contribution in [3.8, 4) is 0 Å². The molecule has 6 heteroatoms. The molecule has 0 atom stereocenters. The Bertz CT molecular complexity index is 680. The van der Waals surface area contributed by atoms with Crippen LogP contribution in [-0.2, 0) is 14.8 Å². The van der Waals surface area contributed by atoms with Gasteiger partial charge in [-0.05, 0) is 50.7 Å². The molecule has 3 rings (SSSR count). The van der Waals surface area contributed by atoms with Crippen molar-refractivity contribution in [2.45, 2.75) is 38.5 Å². The fourth-order valence-electron chi connectivity index (χ4n) is 4.18. The Kier molecular flexibility index (Phi) is 5.83. The lowest BCUT2D eigenvalue weighted by atomic mass is 9.97. The fourth-order valence-corrected chi connectivity index (χ4v) is 6.07. The summed E-state index contributed by atoms with van der Waals surface area (Å²) in [5.41, 5.74) is 2.82. The predicted octanol–water partition coefficient (Wildman–Crippen LogP) is 2.34. The van der Waals surface area contributed by atoms with Crippen LogP contribution in [0.4, 0.5) is 0 Å². The number of hydrogen-bond donors (Lipinski definition) is 0. The maximum Gasteiger partial charge on any atom is 0.243 e. The first kappa shape index (κ1) is 18.8. The maximum absolute atomic E-state index is 13.1. The van der Waals surface area contributed by atoms with Gasteiger partial charge in [0.2, 0.25) is 10.0 Å². The zero-order valence-electron chi connectivity index (χ0n) is 15.6. The van der Waals surface area contributed by atoms with Crippen molar-refractivity contribution in [2.75, 3.05) is 45.9 Å². The van der Waals surface area contributed by atoms with Gasteiger partial charge in [-0.1, -0.05) is 17.7 Å². The quantitative estimate of drug-likeness (QED) is 0.821. The van der Waals surface area contributed by atoms with Gasteiger partial charge in [0.15, 0.2) is 0 Å². The highest BCUT2D eigenvalue weighted by atomic mass is 32.2. The molecule has 2 fully saturated rings. The standard InChI is InChI=1S/C19H30N2O3S/c1-15-12-16(2)19(17(3)13-15)25(22,23)21-6-4-18(5-7-21)14-20-8-10-24-11-9-20/h12-13,18H,4-11,14H2,1-3H3. The number of rotatable bonds is 4. The molecule has 1 aromatic carbocycles. The highest BCUT2D eigenvalue weighted by Gasteiger charge is 2.32. The van der Waals surface area contributed by atoms with Crippen LogP contribution < -0.4 is 0 Å². The average Bonchev–Trinajstić information content (AvgIpc) is 2.55. The lowest BCUT2D eigenvalue weighted by molar-refractivity contribution is 0.0269. The molecule has 0 aliphatic carbocycles. The molecular weight excluding hydrogens is 336 g/mol. The van der Waals surface area contributed by atoms with Gasteiger partial charge in [-0.25, -0.2) is 8.42 Å². The Morgan fingerprint density at radius 2 is 1.56 bits per heavy atom. The van der Waals surface area contributed by atoms with Crippen LogP contribution in [0.2, 0.25) is 0 Å². The van der Waals surface area contributed by atoms with E-state index < -0.39 is 10.0 Å². The highest BCUT2D eigenvalue weighted by molar-refractivity contribution is 7.89. The summed E-state index contributed by atoms with van der Waals surface area (Å²) in [6.45, 7) is 11.8. The van der Waals surface area contributed by atoms with Gasteiger partial charge in [0.25, 0.3) is 0 Å². The van der Waals surface area contributed by atoms with Crippen LogP contribution in [0.15, 0.2) is 17.0 Å². The Balaban J connectivity index is 1.65. The van der Waals surface area contributed by atoms with E-state index in [1.807, 2.05) is 32.9 Å². The molecule has 5 nitrogen and oxygen atoms in total. The van der Waals surface area contributed by atoms with Crippen molar-refractivity contribution in [3.05, 3.63) is 28.8 Å². The van der Waals surface area contributed by atoms with Crippen LogP contribution in [0.5, 0.6) is 0 Å². The Morgan fingerprint density at radius 3 is 2.12 bits per heavy atom. The summed E-state index contributed by atoms with van der Waals surface area (Å²) in [4.78, 5) is 2.96. The van der Waals surface area contributed by atoms with Gasteiger partial charge in [-0.3, -0.25) is 4.90 Å². The van der Waals surface area contributed by atoms with Crippen molar-refractivity contribution in [1.82, 2.24) is 9.21 Å². The van der Waals surface area contributed by atoms with E-state index in [1.54, 1.807) is 4.31 Å². The van der Waals surface area contributed by atoms with Crippen LogP contribution >= 0.6 is 0 Å². The number of benzene rings is 1. The molecule has 0 N–H and O–H groups in total. The van der Waals surface area contributed by atoms with Crippen molar-refractivity contribution in [1.29, 1.82) is 0 Å². The van der Waals surface area contributed by atoms with E-state index in [-0.39, 0.29) is 0 Å². The van der Waals surface area contributed by atoms with E-state index in [1.165, 1.54) is 0 Å². The predicted molar refractivity (Wildman–Crippen MR) is 99.4 cm³/mol. The normalized spacial score (nSPS) is 21.6. The van der Waals surface area contributed by atoms with Crippen molar-refractivity contribution < 1.29 is 13.2 Å². The zero-order chi connectivity index (χ0) is 18.0. The molecule has 0 unspecified atom stereocenters. The lowest BCUT2D eigenvalue weighted by Gasteiger charge is -2.35. The number of sulfonamides is 1. The summed E-state index contributed by atoms with van der Waals surface area (Å²) in [5, 5.41) is 0. The molecule has 2 aliphatic rings. The topological polar surface area (TPSA) is 49.9 Å². The largest absolute Gasteiger partial charge is 0.379 e. The second kappa shape index (κ2) is 7.74. The molecule has 0 saturated carbocycles. The van der Waals surface area contributed by atoms with Crippen molar-refractivity contribution >= 4 is 10.0 Å². The third kappa shape index (κ3) is 4.25. The first-order valence-electron chi connectivity index (χ1n) is 9.26. The highest BCUT2D eigenvalue weighted by Crippen LogP contribution is 2.29. The maximum atomic E-state index is 13.1. The zero-order valence-corrected chi connectivity index (χ0v) is 16.4. The van der Waals surface area contributed by atoms with E-state index in [9.17, 15) is 8.42 Å². The number of aryl methyl sites for hydroxylation is 3. The number of hydrogen-bond acceptors (Lipinski definition) is 4. The molecule has 2 heterocycles. The number of piperidine rings is 1. The molecule has 2 aliphatic heterocycles. The molecule has 0 amide bonds. The van der Waals surface area contributed by atoms with Gasteiger partial charge in [-0.15, -0.1) is 0 Å². The lowest BCUT2D eigenvalue weighted by Crippen LogP contribution is -2.44. The van der Waals surface area contributed by atoms with Crippen LogP contribution in [0.25, 0.3) is 0 Å². The van der Waals surface area contributed by atoms with Crippen molar-refractivity contribution in [3.63, 3.8) is 0 Å². The Hall–Kier alpha value is -0.950. The van der Waals surface area contributed by atoms with Gasteiger partial charge < -0.3 is 4.74 Å². The van der Waals surface area contributed by atoms with Gasteiger partial charge in [0, 0.05) is 32.7 Å². The smallest absolute Gasteiger partial charge is 0.243 e. The number of ether oxygens (including phenoxy) is 1. The van der Waals surface area contributed by atoms with E-state index in [2.05, 4.69) is 4.90 Å². The molecule has 25 heavy (non-hydrogen) atoms. The SMILES string of the molecule is Cc1cc(C)c(S(=O)(=O)N2CCC(CN3CCOCC3)CC2)c(C)c1. The Morgan fingerprint density at radius 1 is 1.00 bits per heavy atom. The summed E-state index contributed by atoms with van der Waals surface area (Å²) in [7, 11) is -3.40. The second-order valence-electron chi connectivity index (χ2n) is 7.49. The third-order valence-corrected chi connectivity index (χ3v) is 7.60. The van der Waals surface area contributed by atoms with Gasteiger partial charge in [0.05, 0.1) is 18.1 Å². The minimum Gasteiger partial charge on any atom is -0.379 e. The van der Waals surface area contributed by atoms with E-state index >= 15 is 0 Å². The molecule has 0 radical (unpaired) electrons. The van der Waals surface area contributed by atoms with Crippen LogP contribution in [0.1, 0.15) is 29.5 Å². The third-order valence-electron chi connectivity index (χ3n) is 5.40. The summed E-state index contributed by atoms with van der Waals surface area (Å²) in [5.74, 6) is 0.588. The summed E-state index contributed by atoms with van der Waals surface area (Å²) >= 11 is 0. The van der Waals surface area contributed by atoms with Crippen molar-refractivity contribution in [2.24, 2.45) is 5.92 Å². The monoisotopic (exact) mass is 366 g/mol. The molecule has 0 aromatic heterocycles. The average molecular weight is 367 g/mol. The van der Waals surface area contributed by atoms with Crippen LogP contribution in [-0.4, -0.2) is 63.6 Å². The second-order valence-corrected chi connectivity index (χ2v) is 9.36. The van der Waals surface area contributed by atoms with E-state index in [4.69, 9.17) is 4.74 Å². The molecule has 0 bridgehead atoms. The first-order chi connectivity index (χ1) is 11.9. The summed E-state index contributed by atoms with van der Waals surface area (Å²) < 4.78 is 33.4. The number of morpholine rings is 1. The molecule has 1 aromatic rings. The van der Waals surface area contributed by atoms with Gasteiger partial charge >= 0.3 is 0 Å². The first-order valence-corrected chi connectivity index (χ1v) is 10.7. The minimum absolute atomic E-state index is 0.504. The Labute approximate surface area is 152 Å². The van der Waals surface area contributed by atoms with Crippen LogP contribution in [0.3, 0.4) is 0 Å². The van der Waals surface area contributed by atoms with E-state index in [0.717, 1.165) is 62.4 Å². The fraction of sp³-hybridized carbons (Fsp3) is 0.684. The summed E-state index contributed by atoms with van der Waals surface area (Å²) in [6, 6.07) is 3.93. The number of nitrogens with zero attached hydrogens (tertiary/aromatic N) is 2. The van der Waals surface area contributed by atoms with Gasteiger partial charge in [-0.2, -0.15) is 4.31 Å². The summed E-state index contributed by atoms with van der Waals surface area (Å²) in [6.07, 6.45) is 1.89. The minimum atomic E-state index is -3.40. The van der Waals surface area contributed by atoms with Gasteiger partial charge in [0.1, 0.15) is 0 Å².